The zero-order valence-corrected chi connectivity index (χ0v) is 11.0. The molecule has 3 rings (SSSR count). The maximum absolute atomic E-state index is 12.2. The van der Waals surface area contributed by atoms with Crippen molar-refractivity contribution in [3.63, 3.8) is 0 Å². The maximum atomic E-state index is 12.2. The van der Waals surface area contributed by atoms with Crippen LogP contribution in [-0.2, 0) is 4.79 Å². The summed E-state index contributed by atoms with van der Waals surface area (Å²) < 4.78 is 5.55. The van der Waals surface area contributed by atoms with Crippen LogP contribution < -0.4 is 15.4 Å². The summed E-state index contributed by atoms with van der Waals surface area (Å²) in [7, 11) is 0. The summed E-state index contributed by atoms with van der Waals surface area (Å²) in [5, 5.41) is 6.44. The lowest BCUT2D eigenvalue weighted by Gasteiger charge is -2.23. The van der Waals surface area contributed by atoms with Crippen molar-refractivity contribution in [1.29, 1.82) is 0 Å². The fourth-order valence-corrected chi connectivity index (χ4v) is 2.85. The molecule has 1 fully saturated rings. The molecule has 2 aliphatic rings. The minimum atomic E-state index is -0.146. The third-order valence-corrected chi connectivity index (χ3v) is 3.98. The number of para-hydroxylation sites is 1. The van der Waals surface area contributed by atoms with E-state index in [1.807, 2.05) is 24.3 Å². The van der Waals surface area contributed by atoms with Gasteiger partial charge >= 0.3 is 0 Å². The Morgan fingerprint density at radius 3 is 3.16 bits per heavy atom. The number of benzene rings is 1. The topological polar surface area (TPSA) is 50.4 Å². The number of rotatable bonds is 3. The van der Waals surface area contributed by atoms with Crippen LogP contribution in [0.15, 0.2) is 24.3 Å². The predicted molar refractivity (Wildman–Crippen MR) is 73.3 cm³/mol. The van der Waals surface area contributed by atoms with Crippen molar-refractivity contribution >= 4 is 5.91 Å². The van der Waals surface area contributed by atoms with E-state index in [0.29, 0.717) is 12.5 Å². The minimum absolute atomic E-state index is 0.0931. The number of piperidine rings is 1. The van der Waals surface area contributed by atoms with Crippen LogP contribution in [0, 0.1) is 5.92 Å². The molecule has 0 saturated carbocycles. The predicted octanol–water partition coefficient (Wildman–Crippen LogP) is 1.28. The van der Waals surface area contributed by atoms with Crippen molar-refractivity contribution in [2.45, 2.75) is 18.8 Å². The van der Waals surface area contributed by atoms with Gasteiger partial charge in [0.05, 0.1) is 0 Å². The molecular weight excluding hydrogens is 240 g/mol. The molecule has 0 bridgehead atoms. The van der Waals surface area contributed by atoms with E-state index in [4.69, 9.17) is 4.74 Å². The first kappa shape index (κ1) is 12.5. The highest BCUT2D eigenvalue weighted by molar-refractivity contribution is 5.85. The Bertz CT molecular complexity index is 455. The van der Waals surface area contributed by atoms with E-state index in [0.717, 1.165) is 30.9 Å². The molecule has 0 aromatic heterocycles. The molecule has 2 unspecified atom stereocenters. The molecule has 1 aromatic rings. The van der Waals surface area contributed by atoms with E-state index in [1.54, 1.807) is 0 Å². The van der Waals surface area contributed by atoms with Crippen LogP contribution in [0.25, 0.3) is 0 Å². The largest absolute Gasteiger partial charge is 0.492 e. The van der Waals surface area contributed by atoms with Crippen molar-refractivity contribution in [2.24, 2.45) is 5.92 Å². The molecule has 1 amide bonds. The molecule has 1 saturated heterocycles. The molecule has 102 valence electrons. The SMILES string of the molecule is O=C(NCC1CCCNC1)C1COc2ccccc21. The average Bonchev–Trinajstić information content (AvgIpc) is 2.90. The molecule has 4 heteroatoms. The van der Waals surface area contributed by atoms with Crippen LogP contribution in [0.4, 0.5) is 0 Å². The van der Waals surface area contributed by atoms with E-state index in [2.05, 4.69) is 10.6 Å². The summed E-state index contributed by atoms with van der Waals surface area (Å²) in [5.74, 6) is 1.36. The van der Waals surface area contributed by atoms with Gasteiger partial charge in [-0.2, -0.15) is 0 Å². The standard InChI is InChI=1S/C15H20N2O2/c18-15(17-9-11-4-3-7-16-8-11)13-10-19-14-6-2-1-5-12(13)14/h1-2,5-6,11,13,16H,3-4,7-10H2,(H,17,18). The molecular formula is C15H20N2O2. The van der Waals surface area contributed by atoms with Crippen LogP contribution in [0.5, 0.6) is 5.75 Å². The Hall–Kier alpha value is -1.55. The first-order chi connectivity index (χ1) is 9.34. The van der Waals surface area contributed by atoms with Gasteiger partial charge in [0.1, 0.15) is 18.3 Å². The Balaban J connectivity index is 1.56. The third-order valence-electron chi connectivity index (χ3n) is 3.98. The Morgan fingerprint density at radius 2 is 2.32 bits per heavy atom. The van der Waals surface area contributed by atoms with Gasteiger partial charge in [-0.1, -0.05) is 18.2 Å². The quantitative estimate of drug-likeness (QED) is 0.860. The number of carbonyl (C=O) groups is 1. The van der Waals surface area contributed by atoms with Gasteiger partial charge in [-0.05, 0) is 37.9 Å². The average molecular weight is 260 g/mol. The van der Waals surface area contributed by atoms with Gasteiger partial charge in [-0.25, -0.2) is 0 Å². The first-order valence-corrected chi connectivity index (χ1v) is 7.05. The van der Waals surface area contributed by atoms with Gasteiger partial charge in [-0.15, -0.1) is 0 Å². The summed E-state index contributed by atoms with van der Waals surface area (Å²) in [6, 6.07) is 7.80. The molecule has 2 atom stereocenters. The number of fused-ring (bicyclic) bond motifs is 1. The molecule has 0 spiro atoms. The smallest absolute Gasteiger partial charge is 0.231 e. The minimum Gasteiger partial charge on any atom is -0.492 e. The molecule has 4 nitrogen and oxygen atoms in total. The molecule has 1 aromatic carbocycles. The fourth-order valence-electron chi connectivity index (χ4n) is 2.85. The van der Waals surface area contributed by atoms with Crippen LogP contribution in [0.2, 0.25) is 0 Å². The number of nitrogens with one attached hydrogen (secondary N) is 2. The van der Waals surface area contributed by atoms with Gasteiger partial charge in [0, 0.05) is 12.1 Å². The van der Waals surface area contributed by atoms with Crippen LogP contribution in [0.1, 0.15) is 24.3 Å². The summed E-state index contributed by atoms with van der Waals surface area (Å²) in [5.41, 5.74) is 1.02. The second-order valence-electron chi connectivity index (χ2n) is 5.36. The summed E-state index contributed by atoms with van der Waals surface area (Å²) in [6.45, 7) is 3.35. The van der Waals surface area contributed by atoms with Gasteiger partial charge < -0.3 is 15.4 Å². The number of ether oxygens (including phenoxy) is 1. The molecule has 2 heterocycles. The lowest BCUT2D eigenvalue weighted by Crippen LogP contribution is -2.39. The Morgan fingerprint density at radius 1 is 1.42 bits per heavy atom. The zero-order valence-electron chi connectivity index (χ0n) is 11.0. The van der Waals surface area contributed by atoms with E-state index in [1.165, 1.54) is 12.8 Å². The second-order valence-corrected chi connectivity index (χ2v) is 5.36. The van der Waals surface area contributed by atoms with E-state index >= 15 is 0 Å². The first-order valence-electron chi connectivity index (χ1n) is 7.05. The van der Waals surface area contributed by atoms with E-state index in [9.17, 15) is 4.79 Å². The summed E-state index contributed by atoms with van der Waals surface area (Å²) in [6.07, 6.45) is 2.40. The maximum Gasteiger partial charge on any atom is 0.231 e. The fraction of sp³-hybridized carbons (Fsp3) is 0.533. The molecule has 19 heavy (non-hydrogen) atoms. The van der Waals surface area contributed by atoms with Gasteiger partial charge in [0.25, 0.3) is 0 Å². The molecule has 2 aliphatic heterocycles. The Labute approximate surface area is 113 Å². The molecule has 0 aliphatic carbocycles. The zero-order chi connectivity index (χ0) is 13.1. The summed E-state index contributed by atoms with van der Waals surface area (Å²) in [4.78, 5) is 12.2. The van der Waals surface area contributed by atoms with Gasteiger partial charge in [-0.3, -0.25) is 4.79 Å². The van der Waals surface area contributed by atoms with E-state index in [-0.39, 0.29) is 11.8 Å². The lowest BCUT2D eigenvalue weighted by atomic mass is 9.98. The number of amides is 1. The van der Waals surface area contributed by atoms with Crippen LogP contribution in [0.3, 0.4) is 0 Å². The molecule has 2 N–H and O–H groups in total. The number of hydrogen-bond acceptors (Lipinski definition) is 3. The lowest BCUT2D eigenvalue weighted by molar-refractivity contribution is -0.122. The van der Waals surface area contributed by atoms with Crippen molar-refractivity contribution in [2.75, 3.05) is 26.2 Å². The Kier molecular flexibility index (Phi) is 3.69. The number of hydrogen-bond donors (Lipinski definition) is 2. The number of carbonyl (C=O) groups excluding carboxylic acids is 1. The van der Waals surface area contributed by atoms with E-state index < -0.39 is 0 Å². The highest BCUT2D eigenvalue weighted by Crippen LogP contribution is 2.33. The van der Waals surface area contributed by atoms with Crippen molar-refractivity contribution in [3.05, 3.63) is 29.8 Å². The summed E-state index contributed by atoms with van der Waals surface area (Å²) >= 11 is 0. The van der Waals surface area contributed by atoms with Crippen LogP contribution >= 0.6 is 0 Å². The monoisotopic (exact) mass is 260 g/mol. The van der Waals surface area contributed by atoms with Gasteiger partial charge in [0.15, 0.2) is 0 Å². The van der Waals surface area contributed by atoms with Gasteiger partial charge in [0.2, 0.25) is 5.91 Å². The van der Waals surface area contributed by atoms with Crippen LogP contribution in [-0.4, -0.2) is 32.1 Å². The van der Waals surface area contributed by atoms with Crippen molar-refractivity contribution in [1.82, 2.24) is 10.6 Å². The van der Waals surface area contributed by atoms with Crippen molar-refractivity contribution < 1.29 is 9.53 Å². The highest BCUT2D eigenvalue weighted by Gasteiger charge is 2.30. The van der Waals surface area contributed by atoms with Crippen molar-refractivity contribution in [3.8, 4) is 5.75 Å². The second kappa shape index (κ2) is 5.61. The third kappa shape index (κ3) is 2.73. The normalized spacial score (nSPS) is 25.5. The molecule has 0 radical (unpaired) electrons. The highest BCUT2D eigenvalue weighted by atomic mass is 16.5.